The Morgan fingerprint density at radius 1 is 1.19 bits per heavy atom. The van der Waals surface area contributed by atoms with Crippen LogP contribution in [-0.4, -0.2) is 22.9 Å². The summed E-state index contributed by atoms with van der Waals surface area (Å²) in [6.07, 6.45) is 0. The Hall–Kier alpha value is -1.61. The zero-order chi connectivity index (χ0) is 15.4. The monoisotopic (exact) mass is 285 g/mol. The number of likely N-dealkylation sites (N-methyl/N-ethyl adjacent to an activating group) is 1. The van der Waals surface area contributed by atoms with Crippen molar-refractivity contribution in [3.05, 3.63) is 52.3 Å². The van der Waals surface area contributed by atoms with E-state index < -0.39 is 0 Å². The van der Waals surface area contributed by atoms with Gasteiger partial charge in [-0.1, -0.05) is 38.1 Å². The fourth-order valence-electron chi connectivity index (χ4n) is 2.99. The summed E-state index contributed by atoms with van der Waals surface area (Å²) in [5.41, 5.74) is 6.51. The molecule has 1 aromatic carbocycles. The number of nitrogens with zero attached hydrogens (tertiary/aromatic N) is 2. The van der Waals surface area contributed by atoms with Crippen LogP contribution in [0.4, 0.5) is 0 Å². The summed E-state index contributed by atoms with van der Waals surface area (Å²) in [4.78, 5) is 0. The first-order valence-corrected chi connectivity index (χ1v) is 7.83. The lowest BCUT2D eigenvalue weighted by Crippen LogP contribution is -2.20. The van der Waals surface area contributed by atoms with E-state index in [-0.39, 0.29) is 0 Å². The highest BCUT2D eigenvalue weighted by Gasteiger charge is 2.17. The summed E-state index contributed by atoms with van der Waals surface area (Å²) < 4.78 is 2.15. The predicted molar refractivity (Wildman–Crippen MR) is 88.9 cm³/mol. The lowest BCUT2D eigenvalue weighted by molar-refractivity contribution is 0.624. The van der Waals surface area contributed by atoms with E-state index in [1.165, 1.54) is 22.4 Å². The number of benzene rings is 1. The number of rotatable bonds is 6. The molecule has 1 N–H and O–H groups in total. The zero-order valence-corrected chi connectivity index (χ0v) is 13.9. The number of nitrogens with one attached hydrogen (secondary N) is 1. The van der Waals surface area contributed by atoms with E-state index in [9.17, 15) is 0 Å². The summed E-state index contributed by atoms with van der Waals surface area (Å²) in [5.74, 6) is 0.496. The molecule has 1 atom stereocenters. The molecular weight excluding hydrogens is 258 g/mol. The largest absolute Gasteiger partial charge is 0.316 e. The Bertz CT molecular complexity index is 599. The van der Waals surface area contributed by atoms with Crippen molar-refractivity contribution < 1.29 is 0 Å². The minimum Gasteiger partial charge on any atom is -0.316 e. The summed E-state index contributed by atoms with van der Waals surface area (Å²) >= 11 is 0. The average molecular weight is 285 g/mol. The molecule has 0 radical (unpaired) electrons. The lowest BCUT2D eigenvalue weighted by Gasteiger charge is -2.13. The van der Waals surface area contributed by atoms with E-state index in [2.05, 4.69) is 68.9 Å². The first-order chi connectivity index (χ1) is 10.0. The smallest absolute Gasteiger partial charge is 0.0665 e. The second kappa shape index (κ2) is 6.90. The van der Waals surface area contributed by atoms with Crippen molar-refractivity contribution in [1.82, 2.24) is 15.1 Å². The van der Waals surface area contributed by atoms with Gasteiger partial charge in [-0.15, -0.1) is 0 Å². The summed E-state index contributed by atoms with van der Waals surface area (Å²) in [7, 11) is 0. The molecule has 0 fully saturated rings. The fourth-order valence-corrected chi connectivity index (χ4v) is 2.99. The summed E-state index contributed by atoms with van der Waals surface area (Å²) in [5, 5.41) is 8.20. The molecule has 1 aromatic heterocycles. The van der Waals surface area contributed by atoms with Crippen LogP contribution in [0.5, 0.6) is 0 Å². The van der Waals surface area contributed by atoms with Gasteiger partial charge >= 0.3 is 0 Å². The molecule has 0 bridgehead atoms. The standard InChI is InChI=1S/C18H27N3/c1-6-19-11-14(3)18-15(4)20-21(16(18)5)12-17-10-8-7-9-13(17)2/h7-10,14,19H,6,11-12H2,1-5H3. The van der Waals surface area contributed by atoms with Gasteiger partial charge in [0.05, 0.1) is 12.2 Å². The van der Waals surface area contributed by atoms with Crippen molar-refractivity contribution in [3.63, 3.8) is 0 Å². The molecule has 2 rings (SSSR count). The van der Waals surface area contributed by atoms with Gasteiger partial charge in [0.2, 0.25) is 0 Å². The van der Waals surface area contributed by atoms with E-state index in [1.807, 2.05) is 0 Å². The molecule has 3 heteroatoms. The van der Waals surface area contributed by atoms with Gasteiger partial charge in [-0.3, -0.25) is 4.68 Å². The molecule has 1 heterocycles. The Morgan fingerprint density at radius 2 is 1.90 bits per heavy atom. The molecule has 2 aromatic rings. The van der Waals surface area contributed by atoms with Crippen LogP contribution in [0.15, 0.2) is 24.3 Å². The molecule has 0 saturated carbocycles. The Morgan fingerprint density at radius 3 is 2.57 bits per heavy atom. The van der Waals surface area contributed by atoms with E-state index in [1.54, 1.807) is 0 Å². The number of hydrogen-bond acceptors (Lipinski definition) is 2. The van der Waals surface area contributed by atoms with E-state index >= 15 is 0 Å². The van der Waals surface area contributed by atoms with E-state index in [0.29, 0.717) is 5.92 Å². The molecule has 0 amide bonds. The van der Waals surface area contributed by atoms with Gasteiger partial charge in [0.1, 0.15) is 0 Å². The molecule has 0 saturated heterocycles. The van der Waals surface area contributed by atoms with Crippen LogP contribution in [0.1, 0.15) is 47.8 Å². The molecular formula is C18H27N3. The van der Waals surface area contributed by atoms with Crippen molar-refractivity contribution in [2.75, 3.05) is 13.1 Å². The highest BCUT2D eigenvalue weighted by atomic mass is 15.3. The second-order valence-corrected chi connectivity index (χ2v) is 5.88. The number of aryl methyl sites for hydroxylation is 2. The first-order valence-electron chi connectivity index (χ1n) is 7.83. The summed E-state index contributed by atoms with van der Waals surface area (Å²) in [6, 6.07) is 8.54. The maximum Gasteiger partial charge on any atom is 0.0665 e. The maximum atomic E-state index is 4.76. The highest BCUT2D eigenvalue weighted by Crippen LogP contribution is 2.23. The average Bonchev–Trinajstić information content (AvgIpc) is 2.73. The van der Waals surface area contributed by atoms with Crippen molar-refractivity contribution in [1.29, 1.82) is 0 Å². The molecule has 21 heavy (non-hydrogen) atoms. The topological polar surface area (TPSA) is 29.9 Å². The Balaban J connectivity index is 2.25. The normalized spacial score (nSPS) is 12.6. The molecule has 0 aliphatic rings. The van der Waals surface area contributed by atoms with Crippen LogP contribution in [0, 0.1) is 20.8 Å². The van der Waals surface area contributed by atoms with Gasteiger partial charge in [-0.05, 0) is 44.4 Å². The van der Waals surface area contributed by atoms with Crippen molar-refractivity contribution in [2.45, 2.75) is 47.1 Å². The molecule has 1 unspecified atom stereocenters. The number of aromatic nitrogens is 2. The van der Waals surface area contributed by atoms with Crippen molar-refractivity contribution in [3.8, 4) is 0 Å². The maximum absolute atomic E-state index is 4.76. The van der Waals surface area contributed by atoms with Gasteiger partial charge in [-0.2, -0.15) is 5.10 Å². The van der Waals surface area contributed by atoms with Crippen molar-refractivity contribution >= 4 is 0 Å². The third-order valence-electron chi connectivity index (χ3n) is 4.21. The van der Waals surface area contributed by atoms with Gasteiger partial charge < -0.3 is 5.32 Å². The molecule has 114 valence electrons. The fraction of sp³-hybridized carbons (Fsp3) is 0.500. The molecule has 0 spiro atoms. The van der Waals surface area contributed by atoms with Crippen LogP contribution in [0.3, 0.4) is 0 Å². The zero-order valence-electron chi connectivity index (χ0n) is 13.9. The van der Waals surface area contributed by atoms with Gasteiger partial charge in [-0.25, -0.2) is 0 Å². The minimum atomic E-state index is 0.496. The van der Waals surface area contributed by atoms with E-state index in [0.717, 1.165) is 25.3 Å². The second-order valence-electron chi connectivity index (χ2n) is 5.88. The molecule has 0 aliphatic heterocycles. The van der Waals surface area contributed by atoms with Gasteiger partial charge in [0, 0.05) is 17.8 Å². The molecule has 0 aliphatic carbocycles. The Labute approximate surface area is 128 Å². The highest BCUT2D eigenvalue weighted by molar-refractivity contribution is 5.31. The van der Waals surface area contributed by atoms with Crippen LogP contribution in [0.25, 0.3) is 0 Å². The van der Waals surface area contributed by atoms with Crippen LogP contribution < -0.4 is 5.32 Å². The van der Waals surface area contributed by atoms with E-state index in [4.69, 9.17) is 5.10 Å². The third kappa shape index (κ3) is 3.53. The number of hydrogen-bond donors (Lipinski definition) is 1. The van der Waals surface area contributed by atoms with Crippen LogP contribution >= 0.6 is 0 Å². The van der Waals surface area contributed by atoms with Crippen molar-refractivity contribution in [2.24, 2.45) is 0 Å². The summed E-state index contributed by atoms with van der Waals surface area (Å²) in [6.45, 7) is 13.8. The van der Waals surface area contributed by atoms with Crippen LogP contribution in [-0.2, 0) is 6.54 Å². The SMILES string of the molecule is CCNCC(C)c1c(C)nn(Cc2ccccc2C)c1C. The third-order valence-corrected chi connectivity index (χ3v) is 4.21. The molecule has 3 nitrogen and oxygen atoms in total. The minimum absolute atomic E-state index is 0.496. The van der Waals surface area contributed by atoms with Crippen LogP contribution in [0.2, 0.25) is 0 Å². The predicted octanol–water partition coefficient (Wildman–Crippen LogP) is 3.57. The Kier molecular flexibility index (Phi) is 5.18. The quantitative estimate of drug-likeness (QED) is 0.879. The first kappa shape index (κ1) is 15.8. The van der Waals surface area contributed by atoms with Gasteiger partial charge in [0.15, 0.2) is 0 Å². The van der Waals surface area contributed by atoms with Gasteiger partial charge in [0.25, 0.3) is 0 Å². The lowest BCUT2D eigenvalue weighted by atomic mass is 9.99.